The first-order valence-corrected chi connectivity index (χ1v) is 7.53. The van der Waals surface area contributed by atoms with Crippen molar-refractivity contribution in [3.8, 4) is 0 Å². The fraction of sp³-hybridized carbons (Fsp3) is 0.357. The van der Waals surface area contributed by atoms with Gasteiger partial charge in [-0.15, -0.1) is 0 Å². The molecule has 94 valence electrons. The fourth-order valence-electron chi connectivity index (χ4n) is 2.90. The fourth-order valence-corrected chi connectivity index (χ4v) is 3.80. The molecule has 1 aromatic carbocycles. The third kappa shape index (κ3) is 2.30. The van der Waals surface area contributed by atoms with Crippen molar-refractivity contribution in [1.82, 2.24) is 0 Å². The van der Waals surface area contributed by atoms with Crippen molar-refractivity contribution in [2.75, 3.05) is 5.32 Å². The molecule has 1 aromatic rings. The van der Waals surface area contributed by atoms with E-state index in [4.69, 9.17) is 11.6 Å². The van der Waals surface area contributed by atoms with E-state index in [0.29, 0.717) is 22.5 Å². The summed E-state index contributed by atoms with van der Waals surface area (Å²) in [5.41, 5.74) is 0.717. The number of hydrogen-bond donors (Lipinski definition) is 1. The summed E-state index contributed by atoms with van der Waals surface area (Å²) in [6.07, 6.45) is 6.55. The van der Waals surface area contributed by atoms with Crippen molar-refractivity contribution in [2.45, 2.75) is 12.8 Å². The number of amides is 1. The standard InChI is InChI=1S/C14H13ClINO/c15-12-7-10(16)3-4-13(12)17-14(18)11-6-8-1-2-9(11)5-8/h1-4,7-9,11H,5-6H2,(H,17,18). The highest BCUT2D eigenvalue weighted by molar-refractivity contribution is 14.1. The summed E-state index contributed by atoms with van der Waals surface area (Å²) in [5.74, 6) is 1.26. The molecule has 1 amide bonds. The molecule has 2 aliphatic carbocycles. The molecular weight excluding hydrogens is 361 g/mol. The van der Waals surface area contributed by atoms with Crippen LogP contribution >= 0.6 is 34.2 Å². The van der Waals surface area contributed by atoms with Crippen LogP contribution in [0.2, 0.25) is 5.02 Å². The number of fused-ring (bicyclic) bond motifs is 2. The summed E-state index contributed by atoms with van der Waals surface area (Å²) in [7, 11) is 0. The molecule has 18 heavy (non-hydrogen) atoms. The van der Waals surface area contributed by atoms with Gasteiger partial charge in [-0.05, 0) is 65.5 Å². The maximum Gasteiger partial charge on any atom is 0.228 e. The molecule has 2 nitrogen and oxygen atoms in total. The molecule has 3 atom stereocenters. The third-order valence-corrected chi connectivity index (χ3v) is 4.79. The molecule has 4 heteroatoms. The van der Waals surface area contributed by atoms with Crippen molar-refractivity contribution < 1.29 is 4.79 Å². The number of carbonyl (C=O) groups excluding carboxylic acids is 1. The van der Waals surface area contributed by atoms with Gasteiger partial charge in [0.2, 0.25) is 5.91 Å². The lowest BCUT2D eigenvalue weighted by Gasteiger charge is -2.18. The highest BCUT2D eigenvalue weighted by Gasteiger charge is 2.39. The first-order valence-electron chi connectivity index (χ1n) is 6.08. The van der Waals surface area contributed by atoms with Crippen LogP contribution in [0.4, 0.5) is 5.69 Å². The second-order valence-electron chi connectivity index (χ2n) is 5.00. The Bertz CT molecular complexity index is 529. The minimum atomic E-state index is 0.106. The Morgan fingerprint density at radius 2 is 2.17 bits per heavy atom. The van der Waals surface area contributed by atoms with Gasteiger partial charge in [0.1, 0.15) is 0 Å². The number of hydrogen-bond acceptors (Lipinski definition) is 1. The second kappa shape index (κ2) is 4.85. The Labute approximate surface area is 125 Å². The molecule has 0 radical (unpaired) electrons. The van der Waals surface area contributed by atoms with E-state index in [1.807, 2.05) is 18.2 Å². The van der Waals surface area contributed by atoms with Gasteiger partial charge in [0.05, 0.1) is 10.7 Å². The molecule has 0 spiro atoms. The summed E-state index contributed by atoms with van der Waals surface area (Å²) < 4.78 is 1.07. The summed E-state index contributed by atoms with van der Waals surface area (Å²) in [5, 5.41) is 3.56. The van der Waals surface area contributed by atoms with Gasteiger partial charge in [0.15, 0.2) is 0 Å². The van der Waals surface area contributed by atoms with E-state index in [1.165, 1.54) is 0 Å². The van der Waals surface area contributed by atoms with Crippen LogP contribution in [0.25, 0.3) is 0 Å². The van der Waals surface area contributed by atoms with Crippen LogP contribution in [0.3, 0.4) is 0 Å². The minimum absolute atomic E-state index is 0.106. The number of carbonyl (C=O) groups is 1. The first-order chi connectivity index (χ1) is 8.63. The monoisotopic (exact) mass is 373 g/mol. The Balaban J connectivity index is 1.73. The van der Waals surface area contributed by atoms with E-state index >= 15 is 0 Å². The lowest BCUT2D eigenvalue weighted by Crippen LogP contribution is -2.26. The highest BCUT2D eigenvalue weighted by Crippen LogP contribution is 2.44. The number of rotatable bonds is 2. The molecular formula is C14H13ClINO. The van der Waals surface area contributed by atoms with Crippen molar-refractivity contribution >= 4 is 45.8 Å². The van der Waals surface area contributed by atoms with Gasteiger partial charge in [-0.2, -0.15) is 0 Å². The summed E-state index contributed by atoms with van der Waals surface area (Å²) in [4.78, 5) is 12.2. The zero-order chi connectivity index (χ0) is 12.7. The van der Waals surface area contributed by atoms with Crippen LogP contribution in [0.1, 0.15) is 12.8 Å². The maximum atomic E-state index is 12.2. The minimum Gasteiger partial charge on any atom is -0.325 e. The van der Waals surface area contributed by atoms with E-state index in [-0.39, 0.29) is 11.8 Å². The predicted molar refractivity (Wildman–Crippen MR) is 81.6 cm³/mol. The molecule has 2 aliphatic rings. The molecule has 1 N–H and O–H groups in total. The zero-order valence-electron chi connectivity index (χ0n) is 9.70. The lowest BCUT2D eigenvalue weighted by atomic mass is 9.93. The number of anilines is 1. The number of benzene rings is 1. The molecule has 0 aliphatic heterocycles. The van der Waals surface area contributed by atoms with Gasteiger partial charge >= 0.3 is 0 Å². The second-order valence-corrected chi connectivity index (χ2v) is 6.65. The Morgan fingerprint density at radius 3 is 2.78 bits per heavy atom. The molecule has 3 unspecified atom stereocenters. The van der Waals surface area contributed by atoms with E-state index in [1.54, 1.807) is 0 Å². The largest absolute Gasteiger partial charge is 0.325 e. The molecule has 2 bridgehead atoms. The Hall–Kier alpha value is -0.550. The molecule has 0 saturated heterocycles. The number of nitrogens with one attached hydrogen (secondary N) is 1. The van der Waals surface area contributed by atoms with Gasteiger partial charge in [-0.25, -0.2) is 0 Å². The van der Waals surface area contributed by atoms with Crippen LogP contribution < -0.4 is 5.32 Å². The van der Waals surface area contributed by atoms with Gasteiger partial charge in [-0.3, -0.25) is 4.79 Å². The van der Waals surface area contributed by atoms with E-state index < -0.39 is 0 Å². The van der Waals surface area contributed by atoms with Crippen molar-refractivity contribution in [3.63, 3.8) is 0 Å². The van der Waals surface area contributed by atoms with Crippen molar-refractivity contribution in [2.24, 2.45) is 17.8 Å². The average Bonchev–Trinajstić information content (AvgIpc) is 2.94. The van der Waals surface area contributed by atoms with Crippen molar-refractivity contribution in [3.05, 3.63) is 38.9 Å². The molecule has 1 fully saturated rings. The predicted octanol–water partition coefficient (Wildman–Crippen LogP) is 4.10. The van der Waals surface area contributed by atoms with Gasteiger partial charge in [-0.1, -0.05) is 23.8 Å². The molecule has 0 heterocycles. The quantitative estimate of drug-likeness (QED) is 0.614. The topological polar surface area (TPSA) is 29.1 Å². The van der Waals surface area contributed by atoms with Crippen LogP contribution in [0.15, 0.2) is 30.4 Å². The van der Waals surface area contributed by atoms with Gasteiger partial charge < -0.3 is 5.32 Å². The van der Waals surface area contributed by atoms with Crippen LogP contribution in [0, 0.1) is 21.3 Å². The lowest BCUT2D eigenvalue weighted by molar-refractivity contribution is -0.120. The van der Waals surface area contributed by atoms with Crippen LogP contribution in [-0.4, -0.2) is 5.91 Å². The Kier molecular flexibility index (Phi) is 3.36. The van der Waals surface area contributed by atoms with Gasteiger partial charge in [0.25, 0.3) is 0 Å². The molecule has 1 saturated carbocycles. The van der Waals surface area contributed by atoms with Crippen molar-refractivity contribution in [1.29, 1.82) is 0 Å². The third-order valence-electron chi connectivity index (χ3n) is 3.80. The number of halogens is 2. The maximum absolute atomic E-state index is 12.2. The summed E-state index contributed by atoms with van der Waals surface area (Å²) in [6, 6.07) is 5.67. The van der Waals surface area contributed by atoms with Crippen LogP contribution in [-0.2, 0) is 4.79 Å². The van der Waals surface area contributed by atoms with Crippen LogP contribution in [0.5, 0.6) is 0 Å². The van der Waals surface area contributed by atoms with E-state index in [2.05, 4.69) is 40.1 Å². The smallest absolute Gasteiger partial charge is 0.228 e. The molecule has 3 rings (SSSR count). The highest BCUT2D eigenvalue weighted by atomic mass is 127. The Morgan fingerprint density at radius 1 is 1.33 bits per heavy atom. The molecule has 0 aromatic heterocycles. The zero-order valence-corrected chi connectivity index (χ0v) is 12.6. The SMILES string of the molecule is O=C(Nc1ccc(I)cc1Cl)C1CC2C=CC1C2. The summed E-state index contributed by atoms with van der Waals surface area (Å²) in [6.45, 7) is 0. The normalized spacial score (nSPS) is 28.7. The number of allylic oxidation sites excluding steroid dienone is 2. The van der Waals surface area contributed by atoms with E-state index in [0.717, 1.165) is 16.4 Å². The summed E-state index contributed by atoms with van der Waals surface area (Å²) >= 11 is 8.33. The first kappa shape index (κ1) is 12.5. The average molecular weight is 374 g/mol. The van der Waals surface area contributed by atoms with E-state index in [9.17, 15) is 4.79 Å². The van der Waals surface area contributed by atoms with Gasteiger partial charge in [0, 0.05) is 9.49 Å².